The highest BCUT2D eigenvalue weighted by molar-refractivity contribution is 7.56. The second-order valence-electron chi connectivity index (χ2n) is 9.40. The first kappa shape index (κ1) is 21.0. The van der Waals surface area contributed by atoms with Crippen molar-refractivity contribution in [1.82, 2.24) is 9.73 Å². The third-order valence-corrected chi connectivity index (χ3v) is 21.2. The van der Waals surface area contributed by atoms with Gasteiger partial charge in [0.2, 0.25) is 0 Å². The van der Waals surface area contributed by atoms with E-state index in [0.29, 0.717) is 4.91 Å². The molecule has 3 aromatic rings. The average Bonchev–Trinajstić information content (AvgIpc) is 3.04. The summed E-state index contributed by atoms with van der Waals surface area (Å²) in [5.74, 6) is 1.78. The number of benzene rings is 2. The van der Waals surface area contributed by atoms with Crippen LogP contribution in [0.3, 0.4) is 0 Å². The lowest BCUT2D eigenvalue weighted by molar-refractivity contribution is 0.416. The van der Waals surface area contributed by atoms with E-state index in [2.05, 4.69) is 75.7 Å². The zero-order valence-electron chi connectivity index (χ0n) is 18.0. The minimum absolute atomic E-state index is 0.653. The fourth-order valence-electron chi connectivity index (χ4n) is 4.26. The molecule has 0 radical (unpaired) electrons. The number of nitrogens with zero attached hydrogens (tertiary/aromatic N) is 2. The second kappa shape index (κ2) is 7.98. The van der Waals surface area contributed by atoms with E-state index in [-0.39, 0.29) is 0 Å². The predicted molar refractivity (Wildman–Crippen MR) is 128 cm³/mol. The summed E-state index contributed by atoms with van der Waals surface area (Å²) in [4.78, 5) is 5.78. The number of rotatable bonds is 6. The standard InChI is InChI=1S/C22H31N2OPSi2/c1-25-19-16-12-11-15-18(19)21-23-20(17-13-9-8-10-14-17)24-26(21)22(27(2,3)4)28(5,6)7/h8-16,22H,1-7H3. The number of hydrogen-bond acceptors (Lipinski definition) is 3. The molecule has 1 aromatic heterocycles. The van der Waals surface area contributed by atoms with Gasteiger partial charge in [0.25, 0.3) is 0 Å². The number of ether oxygens (including phenoxy) is 1. The first-order valence-corrected chi connectivity index (χ1v) is 18.3. The third-order valence-electron chi connectivity index (χ3n) is 4.90. The van der Waals surface area contributed by atoms with E-state index in [1.807, 2.05) is 18.2 Å². The Bertz CT molecular complexity index is 929. The van der Waals surface area contributed by atoms with Crippen LogP contribution in [0.5, 0.6) is 5.75 Å². The first-order chi connectivity index (χ1) is 13.1. The fraction of sp³-hybridized carbons (Fsp3) is 0.364. The summed E-state index contributed by atoms with van der Waals surface area (Å²) in [7, 11) is -1.90. The summed E-state index contributed by atoms with van der Waals surface area (Å²) in [6.45, 7) is 15.0. The molecule has 1 atom stereocenters. The minimum Gasteiger partial charge on any atom is -0.496 e. The molecule has 2 aromatic carbocycles. The van der Waals surface area contributed by atoms with Crippen molar-refractivity contribution in [2.45, 2.75) is 44.2 Å². The number of aromatic nitrogens is 2. The Kier molecular flexibility index (Phi) is 5.99. The lowest BCUT2D eigenvalue weighted by atomic mass is 10.2. The molecule has 0 bridgehead atoms. The van der Waals surface area contributed by atoms with Crippen LogP contribution in [0.25, 0.3) is 22.4 Å². The van der Waals surface area contributed by atoms with Crippen LogP contribution in [0.15, 0.2) is 54.6 Å². The van der Waals surface area contributed by atoms with Crippen molar-refractivity contribution in [3.8, 4) is 28.1 Å². The molecule has 0 aliphatic heterocycles. The van der Waals surface area contributed by atoms with E-state index in [0.717, 1.165) is 28.1 Å². The van der Waals surface area contributed by atoms with Gasteiger partial charge in [-0.15, -0.1) is 0 Å². The molecule has 28 heavy (non-hydrogen) atoms. The Morgan fingerprint density at radius 2 is 1.39 bits per heavy atom. The molecular formula is C22H31N2OPSi2. The first-order valence-electron chi connectivity index (χ1n) is 9.78. The zero-order valence-corrected chi connectivity index (χ0v) is 20.9. The van der Waals surface area contributed by atoms with Gasteiger partial charge in [-0.05, 0) is 19.8 Å². The number of methoxy groups -OCH3 is 1. The summed E-state index contributed by atoms with van der Waals surface area (Å²) in [6.07, 6.45) is 0. The smallest absolute Gasteiger partial charge is 0.163 e. The molecule has 1 unspecified atom stereocenters. The summed E-state index contributed by atoms with van der Waals surface area (Å²) in [5.41, 5.74) is 3.35. The largest absolute Gasteiger partial charge is 0.496 e. The highest BCUT2D eigenvalue weighted by Crippen LogP contribution is 2.56. The highest BCUT2D eigenvalue weighted by Gasteiger charge is 2.42. The van der Waals surface area contributed by atoms with Crippen LogP contribution in [-0.2, 0) is 0 Å². The normalized spacial score (nSPS) is 13.1. The van der Waals surface area contributed by atoms with E-state index >= 15 is 0 Å². The Hall–Kier alpha value is -1.69. The summed E-state index contributed by atoms with van der Waals surface area (Å²) in [6, 6.07) is 18.7. The molecule has 0 aliphatic rings. The molecule has 6 heteroatoms. The number of para-hydroxylation sites is 1. The van der Waals surface area contributed by atoms with Gasteiger partial charge in [-0.3, -0.25) is 0 Å². The van der Waals surface area contributed by atoms with Crippen LogP contribution >= 0.6 is 7.69 Å². The van der Waals surface area contributed by atoms with Crippen molar-refractivity contribution in [2.24, 2.45) is 0 Å². The Balaban J connectivity index is 2.30. The van der Waals surface area contributed by atoms with Gasteiger partial charge in [0.15, 0.2) is 5.82 Å². The van der Waals surface area contributed by atoms with Crippen LogP contribution in [0.2, 0.25) is 39.3 Å². The van der Waals surface area contributed by atoms with E-state index in [9.17, 15) is 0 Å². The lowest BCUT2D eigenvalue weighted by Crippen LogP contribution is -2.43. The molecule has 148 valence electrons. The Labute approximate surface area is 172 Å². The van der Waals surface area contributed by atoms with Gasteiger partial charge in [-0.2, -0.15) is 0 Å². The van der Waals surface area contributed by atoms with Gasteiger partial charge in [-0.1, -0.05) is 81.7 Å². The van der Waals surface area contributed by atoms with Crippen molar-refractivity contribution < 1.29 is 4.74 Å². The monoisotopic (exact) mass is 426 g/mol. The molecular weight excluding hydrogens is 395 g/mol. The van der Waals surface area contributed by atoms with Crippen molar-refractivity contribution in [3.05, 3.63) is 54.6 Å². The maximum Gasteiger partial charge on any atom is 0.163 e. The fourth-order valence-corrected chi connectivity index (χ4v) is 23.0. The SMILES string of the molecule is COc1ccccc1-c1nc(-c2ccccc2)np1C([Si](C)(C)C)[Si](C)(C)C. The predicted octanol–water partition coefficient (Wildman–Crippen LogP) is 7.10. The molecule has 1 heterocycles. The van der Waals surface area contributed by atoms with E-state index in [4.69, 9.17) is 14.5 Å². The zero-order chi connectivity index (χ0) is 20.5. The van der Waals surface area contributed by atoms with Crippen molar-refractivity contribution in [3.63, 3.8) is 0 Å². The average molecular weight is 427 g/mol. The summed E-state index contributed by atoms with van der Waals surface area (Å²) in [5, 5.41) is 0. The maximum absolute atomic E-state index is 5.70. The molecule has 0 amide bonds. The molecule has 0 fully saturated rings. The van der Waals surface area contributed by atoms with Gasteiger partial charge in [0.1, 0.15) is 11.2 Å². The van der Waals surface area contributed by atoms with Crippen LogP contribution in [0.4, 0.5) is 0 Å². The van der Waals surface area contributed by atoms with Gasteiger partial charge in [-0.25, -0.2) is 9.73 Å². The quantitative estimate of drug-likeness (QED) is 0.394. The summed E-state index contributed by atoms with van der Waals surface area (Å²) >= 11 is 0. The topological polar surface area (TPSA) is 35.0 Å². The van der Waals surface area contributed by atoms with E-state index in [1.54, 1.807) is 7.11 Å². The van der Waals surface area contributed by atoms with Crippen LogP contribution in [0.1, 0.15) is 4.91 Å². The molecule has 0 saturated heterocycles. The Morgan fingerprint density at radius 3 is 1.96 bits per heavy atom. The Morgan fingerprint density at radius 1 is 0.821 bits per heavy atom. The molecule has 0 saturated carbocycles. The highest BCUT2D eigenvalue weighted by atomic mass is 31.1. The van der Waals surface area contributed by atoms with Gasteiger partial charge >= 0.3 is 0 Å². The van der Waals surface area contributed by atoms with Gasteiger partial charge in [0.05, 0.1) is 23.3 Å². The molecule has 0 spiro atoms. The molecule has 3 rings (SSSR count). The van der Waals surface area contributed by atoms with Crippen molar-refractivity contribution >= 4 is 23.8 Å². The van der Waals surface area contributed by atoms with Crippen molar-refractivity contribution in [1.29, 1.82) is 0 Å². The van der Waals surface area contributed by atoms with Gasteiger partial charge < -0.3 is 4.74 Å². The molecule has 3 nitrogen and oxygen atoms in total. The lowest BCUT2D eigenvalue weighted by Gasteiger charge is -2.38. The van der Waals surface area contributed by atoms with Crippen LogP contribution in [-0.4, -0.2) is 33.0 Å². The van der Waals surface area contributed by atoms with E-state index in [1.165, 1.54) is 0 Å². The maximum atomic E-state index is 5.70. The minimum atomic E-state index is -1.46. The third kappa shape index (κ3) is 4.32. The second-order valence-corrected chi connectivity index (χ2v) is 23.4. The van der Waals surface area contributed by atoms with E-state index < -0.39 is 23.8 Å². The summed E-state index contributed by atoms with van der Waals surface area (Å²) < 4.78 is 11.0. The van der Waals surface area contributed by atoms with Crippen LogP contribution < -0.4 is 4.74 Å². The number of hydrogen-bond donors (Lipinski definition) is 0. The van der Waals surface area contributed by atoms with Gasteiger partial charge in [0, 0.05) is 16.0 Å². The molecule has 0 aliphatic carbocycles. The van der Waals surface area contributed by atoms with Crippen LogP contribution in [0, 0.1) is 0 Å². The van der Waals surface area contributed by atoms with Crippen molar-refractivity contribution in [2.75, 3.05) is 7.11 Å². The molecule has 0 N–H and O–H groups in total.